The van der Waals surface area contributed by atoms with Crippen LogP contribution in [-0.4, -0.2) is 11.6 Å². The van der Waals surface area contributed by atoms with Gasteiger partial charge in [-0.2, -0.15) is 0 Å². The van der Waals surface area contributed by atoms with Gasteiger partial charge in [0.2, 0.25) is 5.78 Å². The van der Waals surface area contributed by atoms with Crippen LogP contribution in [0.3, 0.4) is 0 Å². The summed E-state index contributed by atoms with van der Waals surface area (Å²) in [5.74, 6) is -1.15. The van der Waals surface area contributed by atoms with Crippen molar-refractivity contribution in [2.45, 2.75) is 6.92 Å². The van der Waals surface area contributed by atoms with Crippen LogP contribution in [0.25, 0.3) is 10.4 Å². The minimum atomic E-state index is -0.587. The molecule has 0 amide bonds. The van der Waals surface area contributed by atoms with E-state index in [1.165, 1.54) is 0 Å². The van der Waals surface area contributed by atoms with Gasteiger partial charge in [0.05, 0.1) is 0 Å². The fraction of sp³-hybridized carbons (Fsp3) is 0.111. The highest BCUT2D eigenvalue weighted by Crippen LogP contribution is 2.05. The molecule has 1 rings (SSSR count). The highest BCUT2D eigenvalue weighted by atomic mass is 16.1. The fourth-order valence-corrected chi connectivity index (χ4v) is 0.932. The van der Waals surface area contributed by atoms with Crippen molar-refractivity contribution >= 4 is 11.6 Å². The van der Waals surface area contributed by atoms with Gasteiger partial charge in [-0.3, -0.25) is 10.2 Å². The molecule has 0 saturated heterocycles. The normalized spacial score (nSPS) is 8.93. The lowest BCUT2D eigenvalue weighted by Gasteiger charge is -1.97. The topological polar surface area (TPSA) is 89.7 Å². The predicted octanol–water partition coefficient (Wildman–Crippen LogP) is 2.47. The van der Waals surface area contributed by atoms with Crippen molar-refractivity contribution in [3.8, 4) is 0 Å². The summed E-state index contributed by atoms with van der Waals surface area (Å²) in [7, 11) is 0. The van der Waals surface area contributed by atoms with Gasteiger partial charge in [0.1, 0.15) is 0 Å². The molecule has 1 aromatic carbocycles. The van der Waals surface area contributed by atoms with Crippen LogP contribution >= 0.6 is 0 Å². The van der Waals surface area contributed by atoms with Gasteiger partial charge in [-0.1, -0.05) is 29.8 Å². The first-order valence-corrected chi connectivity index (χ1v) is 3.90. The number of carbonyl (C=O) groups is 1. The molecule has 0 saturated carbocycles. The highest BCUT2D eigenvalue weighted by molar-refractivity contribution is 6.44. The summed E-state index contributed by atoms with van der Waals surface area (Å²) < 4.78 is 0. The van der Waals surface area contributed by atoms with Crippen LogP contribution in [0.15, 0.2) is 29.4 Å². The summed E-state index contributed by atoms with van der Waals surface area (Å²) >= 11 is 0. The van der Waals surface area contributed by atoms with Gasteiger partial charge < -0.3 is 0 Å². The van der Waals surface area contributed by atoms with Gasteiger partial charge in [0.25, 0.3) is 0 Å². The number of nitrogens with one attached hydrogen (secondary N) is 1. The van der Waals surface area contributed by atoms with Crippen LogP contribution in [0.4, 0.5) is 0 Å². The van der Waals surface area contributed by atoms with Crippen molar-refractivity contribution in [2.75, 3.05) is 0 Å². The number of rotatable bonds is 2. The number of amidine groups is 1. The van der Waals surface area contributed by atoms with Gasteiger partial charge in [0.15, 0.2) is 5.84 Å². The summed E-state index contributed by atoms with van der Waals surface area (Å²) in [6.45, 7) is 1.90. The number of Topliss-reactive ketones (excluding diaryl/α,β-unsaturated/α-hetero) is 1. The number of azide groups is 1. The van der Waals surface area contributed by atoms with Crippen LogP contribution in [-0.2, 0) is 0 Å². The van der Waals surface area contributed by atoms with E-state index in [1.54, 1.807) is 24.3 Å². The maximum Gasteiger partial charge on any atom is 0.213 e. The number of ketones is 1. The molecule has 1 N–H and O–H groups in total. The fourth-order valence-electron chi connectivity index (χ4n) is 0.932. The van der Waals surface area contributed by atoms with Crippen molar-refractivity contribution in [3.63, 3.8) is 0 Å². The van der Waals surface area contributed by atoms with E-state index in [4.69, 9.17) is 10.9 Å². The molecular formula is C9H8N4O. The number of hydrogen-bond donors (Lipinski definition) is 1. The lowest BCUT2D eigenvalue weighted by Crippen LogP contribution is -2.09. The van der Waals surface area contributed by atoms with Gasteiger partial charge in [-0.05, 0) is 17.6 Å². The number of nitrogens with zero attached hydrogens (tertiary/aromatic N) is 3. The summed E-state index contributed by atoms with van der Waals surface area (Å²) in [4.78, 5) is 13.7. The Hall–Kier alpha value is -2.13. The highest BCUT2D eigenvalue weighted by Gasteiger charge is 2.09. The Kier molecular flexibility index (Phi) is 2.99. The van der Waals surface area contributed by atoms with Crippen molar-refractivity contribution in [2.24, 2.45) is 5.11 Å². The van der Waals surface area contributed by atoms with Crippen LogP contribution in [0.2, 0.25) is 0 Å². The molecule has 14 heavy (non-hydrogen) atoms. The Morgan fingerprint density at radius 1 is 1.43 bits per heavy atom. The van der Waals surface area contributed by atoms with Crippen molar-refractivity contribution in [3.05, 3.63) is 45.8 Å². The van der Waals surface area contributed by atoms with Gasteiger partial charge in [-0.15, -0.1) is 0 Å². The molecule has 0 spiro atoms. The largest absolute Gasteiger partial charge is 0.295 e. The second kappa shape index (κ2) is 4.20. The molecule has 70 valence electrons. The molecule has 0 aliphatic rings. The monoisotopic (exact) mass is 188 g/mol. The van der Waals surface area contributed by atoms with Crippen molar-refractivity contribution in [1.82, 2.24) is 0 Å². The SMILES string of the molecule is Cc1ccc(C(=O)C(=N)N=[N+]=[N-])cc1. The second-order valence-electron chi connectivity index (χ2n) is 2.73. The Bertz CT molecular complexity index is 415. The molecule has 0 atom stereocenters. The minimum Gasteiger partial charge on any atom is -0.295 e. The molecule has 0 radical (unpaired) electrons. The summed E-state index contributed by atoms with van der Waals surface area (Å²) in [5.41, 5.74) is 9.42. The van der Waals surface area contributed by atoms with Crippen LogP contribution < -0.4 is 0 Å². The average molecular weight is 188 g/mol. The van der Waals surface area contributed by atoms with Gasteiger partial charge in [-0.25, -0.2) is 0 Å². The Morgan fingerprint density at radius 3 is 2.50 bits per heavy atom. The first-order valence-electron chi connectivity index (χ1n) is 3.90. The maximum atomic E-state index is 11.4. The summed E-state index contributed by atoms with van der Waals surface area (Å²) in [6, 6.07) is 6.71. The quantitative estimate of drug-likeness (QED) is 0.189. The van der Waals surface area contributed by atoms with E-state index in [9.17, 15) is 4.79 Å². The minimum absolute atomic E-state index is 0.355. The first kappa shape index (κ1) is 9.95. The van der Waals surface area contributed by atoms with Crippen LogP contribution in [0.5, 0.6) is 0 Å². The Labute approximate surface area is 80.5 Å². The van der Waals surface area contributed by atoms with E-state index in [0.29, 0.717) is 5.56 Å². The number of carbonyl (C=O) groups excluding carboxylic acids is 1. The zero-order chi connectivity index (χ0) is 10.6. The van der Waals surface area contributed by atoms with E-state index in [2.05, 4.69) is 10.0 Å². The molecule has 0 bridgehead atoms. The molecular weight excluding hydrogens is 180 g/mol. The van der Waals surface area contributed by atoms with E-state index in [1.807, 2.05) is 6.92 Å². The molecule has 0 aromatic heterocycles. The third-order valence-corrected chi connectivity index (χ3v) is 1.67. The lowest BCUT2D eigenvalue weighted by atomic mass is 10.1. The smallest absolute Gasteiger partial charge is 0.213 e. The van der Waals surface area contributed by atoms with Crippen molar-refractivity contribution in [1.29, 1.82) is 5.41 Å². The Balaban J connectivity index is 2.95. The molecule has 1 aromatic rings. The van der Waals surface area contributed by atoms with Gasteiger partial charge in [0, 0.05) is 10.5 Å². The molecule has 0 aliphatic carbocycles. The number of benzene rings is 1. The Morgan fingerprint density at radius 2 is 2.00 bits per heavy atom. The number of hydrogen-bond acceptors (Lipinski definition) is 2. The first-order chi connectivity index (χ1) is 6.65. The molecule has 0 heterocycles. The lowest BCUT2D eigenvalue weighted by molar-refractivity contribution is 0.106. The molecule has 0 aliphatic heterocycles. The summed E-state index contributed by atoms with van der Waals surface area (Å²) in [5, 5.41) is 10.1. The molecule has 0 fully saturated rings. The second-order valence-corrected chi connectivity index (χ2v) is 2.73. The van der Waals surface area contributed by atoms with E-state index in [-0.39, 0.29) is 0 Å². The van der Waals surface area contributed by atoms with Crippen molar-refractivity contribution < 1.29 is 4.79 Å². The zero-order valence-electron chi connectivity index (χ0n) is 7.56. The molecule has 5 heteroatoms. The van der Waals surface area contributed by atoms with Crippen LogP contribution in [0, 0.1) is 12.3 Å². The predicted molar refractivity (Wildman–Crippen MR) is 52.4 cm³/mol. The third kappa shape index (κ3) is 2.18. The van der Waals surface area contributed by atoms with E-state index in [0.717, 1.165) is 5.56 Å². The number of aryl methyl sites for hydroxylation is 1. The van der Waals surface area contributed by atoms with E-state index >= 15 is 0 Å². The summed E-state index contributed by atoms with van der Waals surface area (Å²) in [6.07, 6.45) is 0. The standard InChI is InChI=1S/C9H8N4O/c1-6-2-4-7(5-3-6)8(14)9(10)12-13-11/h2-5,10H,1H3. The zero-order valence-corrected chi connectivity index (χ0v) is 7.56. The average Bonchev–Trinajstić information content (AvgIpc) is 2.18. The van der Waals surface area contributed by atoms with Gasteiger partial charge >= 0.3 is 0 Å². The molecule has 5 nitrogen and oxygen atoms in total. The third-order valence-electron chi connectivity index (χ3n) is 1.67. The van der Waals surface area contributed by atoms with Crippen LogP contribution in [0.1, 0.15) is 15.9 Å². The molecule has 0 unspecified atom stereocenters. The maximum absolute atomic E-state index is 11.4. The van der Waals surface area contributed by atoms with E-state index < -0.39 is 11.6 Å².